The maximum atomic E-state index is 15.1. The molecular formula is C16H27FO3. The van der Waals surface area contributed by atoms with Crippen LogP contribution in [0.5, 0.6) is 0 Å². The summed E-state index contributed by atoms with van der Waals surface area (Å²) >= 11 is 0. The molecule has 2 saturated carbocycles. The first kappa shape index (κ1) is 14.7. The molecule has 4 heteroatoms. The van der Waals surface area contributed by atoms with E-state index in [2.05, 4.69) is 0 Å². The lowest BCUT2D eigenvalue weighted by Gasteiger charge is -2.39. The fourth-order valence-corrected chi connectivity index (χ4v) is 4.24. The second-order valence-corrected chi connectivity index (χ2v) is 8.70. The fourth-order valence-electron chi connectivity index (χ4n) is 4.24. The molecule has 1 heterocycles. The number of hydrogen-bond acceptors (Lipinski definition) is 3. The third-order valence-electron chi connectivity index (χ3n) is 4.46. The molecule has 0 N–H and O–H groups in total. The van der Waals surface area contributed by atoms with E-state index in [0.29, 0.717) is 19.4 Å². The first-order valence-corrected chi connectivity index (χ1v) is 7.62. The molecule has 0 unspecified atom stereocenters. The fraction of sp³-hybridized carbons (Fsp3) is 1.00. The Morgan fingerprint density at radius 1 is 1.00 bits per heavy atom. The lowest BCUT2D eigenvalue weighted by atomic mass is 9.91. The molecule has 0 radical (unpaired) electrons. The van der Waals surface area contributed by atoms with Crippen molar-refractivity contribution in [1.82, 2.24) is 0 Å². The number of fused-ring (bicyclic) bond motifs is 3. The zero-order chi connectivity index (χ0) is 15.0. The van der Waals surface area contributed by atoms with Crippen LogP contribution in [-0.4, -0.2) is 40.8 Å². The minimum Gasteiger partial charge on any atom is -0.372 e. The van der Waals surface area contributed by atoms with Gasteiger partial charge in [0.15, 0.2) is 0 Å². The predicted molar refractivity (Wildman–Crippen MR) is 74.6 cm³/mol. The van der Waals surface area contributed by atoms with Gasteiger partial charge in [0.25, 0.3) is 0 Å². The van der Waals surface area contributed by atoms with E-state index in [1.165, 1.54) is 0 Å². The van der Waals surface area contributed by atoms with E-state index in [0.717, 1.165) is 6.42 Å². The van der Waals surface area contributed by atoms with E-state index in [1.54, 1.807) is 0 Å². The number of hydrogen-bond donors (Lipinski definition) is 0. The van der Waals surface area contributed by atoms with Gasteiger partial charge in [0, 0.05) is 19.3 Å². The number of alkyl halides is 1. The van der Waals surface area contributed by atoms with Crippen molar-refractivity contribution < 1.29 is 18.6 Å². The van der Waals surface area contributed by atoms with Crippen LogP contribution in [0.3, 0.4) is 0 Å². The second-order valence-electron chi connectivity index (χ2n) is 8.70. The molecule has 0 spiro atoms. The molecular weight excluding hydrogens is 259 g/mol. The minimum atomic E-state index is -1.28. The molecule has 1 saturated heterocycles. The van der Waals surface area contributed by atoms with Gasteiger partial charge in [0.2, 0.25) is 0 Å². The van der Waals surface area contributed by atoms with E-state index < -0.39 is 16.9 Å². The Morgan fingerprint density at radius 3 is 2.15 bits per heavy atom. The number of rotatable bonds is 2. The summed E-state index contributed by atoms with van der Waals surface area (Å²) in [5, 5.41) is 0. The molecule has 116 valence electrons. The highest BCUT2D eigenvalue weighted by Crippen LogP contribution is 2.72. The van der Waals surface area contributed by atoms with E-state index in [9.17, 15) is 0 Å². The topological polar surface area (TPSA) is 27.7 Å². The molecule has 4 atom stereocenters. The summed E-state index contributed by atoms with van der Waals surface area (Å²) in [4.78, 5) is 0. The summed E-state index contributed by atoms with van der Waals surface area (Å²) in [6, 6.07) is 0. The van der Waals surface area contributed by atoms with Gasteiger partial charge in [0.1, 0.15) is 23.0 Å². The molecule has 2 aliphatic carbocycles. The second kappa shape index (κ2) is 3.76. The van der Waals surface area contributed by atoms with Crippen LogP contribution in [0, 0.1) is 0 Å². The summed E-state index contributed by atoms with van der Waals surface area (Å²) in [6.07, 6.45) is 1.32. The monoisotopic (exact) mass is 286 g/mol. The first-order chi connectivity index (χ1) is 8.92. The zero-order valence-electron chi connectivity index (χ0n) is 13.5. The average molecular weight is 286 g/mol. The number of ether oxygens (including phenoxy) is 3. The molecule has 0 amide bonds. The molecule has 3 nitrogen and oxygen atoms in total. The lowest BCUT2D eigenvalue weighted by Crippen LogP contribution is -2.50. The van der Waals surface area contributed by atoms with Crippen LogP contribution in [0.2, 0.25) is 0 Å². The zero-order valence-corrected chi connectivity index (χ0v) is 13.5. The van der Waals surface area contributed by atoms with Gasteiger partial charge < -0.3 is 14.2 Å². The smallest absolute Gasteiger partial charge is 0.148 e. The molecule has 3 fully saturated rings. The third-order valence-corrected chi connectivity index (χ3v) is 4.46. The van der Waals surface area contributed by atoms with Crippen LogP contribution < -0.4 is 0 Å². The normalized spacial score (nSPS) is 47.2. The van der Waals surface area contributed by atoms with Crippen LogP contribution in [-0.2, 0) is 14.2 Å². The van der Waals surface area contributed by atoms with Crippen molar-refractivity contribution in [3.8, 4) is 0 Å². The van der Waals surface area contributed by atoms with Gasteiger partial charge >= 0.3 is 0 Å². The Kier molecular flexibility index (Phi) is 2.77. The summed E-state index contributed by atoms with van der Waals surface area (Å²) in [7, 11) is 0. The summed E-state index contributed by atoms with van der Waals surface area (Å²) in [5.41, 5.74) is -3.28. The SMILES string of the molecule is CC(C)(C)O[C@@]12CCO[C@@H]1[C@@]1(OC(C)(C)C)C[C@@]1(F)C2. The highest BCUT2D eigenvalue weighted by atomic mass is 19.1. The van der Waals surface area contributed by atoms with E-state index >= 15 is 4.39 Å². The van der Waals surface area contributed by atoms with Crippen molar-refractivity contribution in [2.45, 2.75) is 95.0 Å². The highest BCUT2D eigenvalue weighted by Gasteiger charge is 2.86. The molecule has 0 aromatic heterocycles. The van der Waals surface area contributed by atoms with Crippen LogP contribution in [0.1, 0.15) is 60.8 Å². The minimum absolute atomic E-state index is 0.279. The largest absolute Gasteiger partial charge is 0.372 e. The molecule has 3 aliphatic rings. The van der Waals surface area contributed by atoms with Crippen LogP contribution in [0.15, 0.2) is 0 Å². The Bertz CT molecular complexity index is 402. The number of halogens is 1. The molecule has 0 bridgehead atoms. The molecule has 3 rings (SSSR count). The van der Waals surface area contributed by atoms with Gasteiger partial charge in [-0.15, -0.1) is 0 Å². The maximum absolute atomic E-state index is 15.1. The van der Waals surface area contributed by atoms with Gasteiger partial charge in [-0.3, -0.25) is 0 Å². The maximum Gasteiger partial charge on any atom is 0.148 e. The average Bonchev–Trinajstić information content (AvgIpc) is 2.48. The molecule has 0 aromatic rings. The van der Waals surface area contributed by atoms with Crippen molar-refractivity contribution >= 4 is 0 Å². The van der Waals surface area contributed by atoms with E-state index in [1.807, 2.05) is 41.5 Å². The first-order valence-electron chi connectivity index (χ1n) is 7.62. The van der Waals surface area contributed by atoms with Gasteiger partial charge in [0.05, 0.1) is 17.8 Å². The van der Waals surface area contributed by atoms with E-state index in [-0.39, 0.29) is 17.3 Å². The molecule has 0 aromatic carbocycles. The Balaban J connectivity index is 1.90. The van der Waals surface area contributed by atoms with Crippen molar-refractivity contribution in [2.24, 2.45) is 0 Å². The van der Waals surface area contributed by atoms with Gasteiger partial charge in [-0.05, 0) is 41.5 Å². The van der Waals surface area contributed by atoms with Gasteiger partial charge in [-0.25, -0.2) is 4.39 Å². The van der Waals surface area contributed by atoms with Gasteiger partial charge in [-0.1, -0.05) is 0 Å². The quantitative estimate of drug-likeness (QED) is 0.778. The van der Waals surface area contributed by atoms with E-state index in [4.69, 9.17) is 14.2 Å². The summed E-state index contributed by atoms with van der Waals surface area (Å²) in [5.74, 6) is 0. The Morgan fingerprint density at radius 2 is 1.60 bits per heavy atom. The summed E-state index contributed by atoms with van der Waals surface area (Å²) < 4.78 is 33.4. The van der Waals surface area contributed by atoms with Gasteiger partial charge in [-0.2, -0.15) is 0 Å². The standard InChI is InChI=1S/C16H27FO3/c1-12(2,3)19-14-7-8-18-11(14)16(20-13(4,5)6)10-15(16,17)9-14/h11H,7-10H2,1-6H3/t11-,14+,15-,16-/m0/s1. The Hall–Kier alpha value is -0.190. The predicted octanol–water partition coefficient (Wildman–Crippen LogP) is 3.40. The van der Waals surface area contributed by atoms with Crippen molar-refractivity contribution in [1.29, 1.82) is 0 Å². The van der Waals surface area contributed by atoms with Crippen molar-refractivity contribution in [2.75, 3.05) is 6.61 Å². The summed E-state index contributed by atoms with van der Waals surface area (Å²) in [6.45, 7) is 12.6. The lowest BCUT2D eigenvalue weighted by molar-refractivity contribution is -0.194. The molecule has 20 heavy (non-hydrogen) atoms. The highest BCUT2D eigenvalue weighted by molar-refractivity contribution is 5.36. The van der Waals surface area contributed by atoms with Crippen molar-refractivity contribution in [3.05, 3.63) is 0 Å². The van der Waals surface area contributed by atoms with Crippen LogP contribution in [0.25, 0.3) is 0 Å². The Labute approximate surface area is 121 Å². The van der Waals surface area contributed by atoms with Crippen LogP contribution >= 0.6 is 0 Å². The molecule has 1 aliphatic heterocycles. The third kappa shape index (κ3) is 2.03. The van der Waals surface area contributed by atoms with Crippen LogP contribution in [0.4, 0.5) is 4.39 Å². The van der Waals surface area contributed by atoms with Crippen molar-refractivity contribution in [3.63, 3.8) is 0 Å².